The van der Waals surface area contributed by atoms with Crippen LogP contribution in [0, 0.1) is 0 Å². The Bertz CT molecular complexity index is 1110. The molecule has 0 unspecified atom stereocenters. The van der Waals surface area contributed by atoms with Crippen molar-refractivity contribution in [2.45, 2.75) is 0 Å². The van der Waals surface area contributed by atoms with Crippen LogP contribution in [0.25, 0.3) is 11.4 Å². The van der Waals surface area contributed by atoms with Crippen LogP contribution in [0.2, 0.25) is 0 Å². The van der Waals surface area contributed by atoms with Crippen molar-refractivity contribution in [2.75, 3.05) is 89.4 Å². The van der Waals surface area contributed by atoms with Gasteiger partial charge in [-0.05, 0) is 12.1 Å². The van der Waals surface area contributed by atoms with Gasteiger partial charge in [0.2, 0.25) is 0 Å². The van der Waals surface area contributed by atoms with E-state index in [0.717, 1.165) is 90.0 Å². The van der Waals surface area contributed by atoms with Crippen molar-refractivity contribution in [2.24, 2.45) is 10.2 Å². The molecule has 2 aromatic carbocycles. The van der Waals surface area contributed by atoms with E-state index in [1.807, 2.05) is 60.7 Å². The normalized spacial score (nSPS) is 17.1. The standard InChI is InChI=1S/C28H36N8O2/c1-3-7-23(8-4-1)26-31-27(29-11-13-35-15-19-37-20-16-35)25(34-33-24-9-5-2-6-10-24)28(32-26)30-12-14-36-17-21-38-22-18-36/h1-10H,11-22H2,(H2,29,30,31,32). The first-order valence-corrected chi connectivity index (χ1v) is 13.4. The molecule has 2 saturated heterocycles. The van der Waals surface area contributed by atoms with Gasteiger partial charge in [-0.2, -0.15) is 5.11 Å². The molecule has 2 N–H and O–H groups in total. The molecule has 10 nitrogen and oxygen atoms in total. The Morgan fingerprint density at radius 3 is 1.68 bits per heavy atom. The van der Waals surface area contributed by atoms with Gasteiger partial charge in [0, 0.05) is 57.9 Å². The van der Waals surface area contributed by atoms with Crippen LogP contribution in [0.15, 0.2) is 70.9 Å². The molecule has 0 radical (unpaired) electrons. The highest BCUT2D eigenvalue weighted by Crippen LogP contribution is 2.34. The van der Waals surface area contributed by atoms with Crippen molar-refractivity contribution >= 4 is 23.0 Å². The molecule has 38 heavy (non-hydrogen) atoms. The predicted molar refractivity (Wildman–Crippen MR) is 150 cm³/mol. The lowest BCUT2D eigenvalue weighted by Gasteiger charge is -2.27. The van der Waals surface area contributed by atoms with E-state index in [2.05, 4.69) is 30.7 Å². The Labute approximate surface area is 224 Å². The third-order valence-electron chi connectivity index (χ3n) is 6.59. The van der Waals surface area contributed by atoms with Crippen molar-refractivity contribution in [3.63, 3.8) is 0 Å². The largest absolute Gasteiger partial charge is 0.379 e. The van der Waals surface area contributed by atoms with Crippen molar-refractivity contribution < 1.29 is 9.47 Å². The fourth-order valence-corrected chi connectivity index (χ4v) is 4.43. The molecule has 0 amide bonds. The first-order chi connectivity index (χ1) is 18.8. The van der Waals surface area contributed by atoms with Gasteiger partial charge in [0.05, 0.1) is 32.1 Å². The molecule has 0 spiro atoms. The lowest BCUT2D eigenvalue weighted by Crippen LogP contribution is -2.39. The molecule has 3 heterocycles. The minimum atomic E-state index is 0.609. The van der Waals surface area contributed by atoms with Crippen LogP contribution >= 0.6 is 0 Å². The van der Waals surface area contributed by atoms with Crippen molar-refractivity contribution in [3.8, 4) is 11.4 Å². The number of benzene rings is 2. The molecule has 2 fully saturated rings. The highest BCUT2D eigenvalue weighted by molar-refractivity contribution is 5.77. The van der Waals surface area contributed by atoms with Gasteiger partial charge in [0.25, 0.3) is 0 Å². The van der Waals surface area contributed by atoms with Crippen LogP contribution in [0.4, 0.5) is 23.0 Å². The number of anilines is 2. The van der Waals surface area contributed by atoms with E-state index in [1.54, 1.807) is 0 Å². The third-order valence-corrected chi connectivity index (χ3v) is 6.59. The van der Waals surface area contributed by atoms with E-state index in [4.69, 9.17) is 19.4 Å². The zero-order valence-corrected chi connectivity index (χ0v) is 21.8. The number of morpholine rings is 2. The first kappa shape index (κ1) is 26.2. The summed E-state index contributed by atoms with van der Waals surface area (Å²) in [5.74, 6) is 1.98. The van der Waals surface area contributed by atoms with E-state index >= 15 is 0 Å². The Kier molecular flexibility index (Phi) is 9.59. The summed E-state index contributed by atoms with van der Waals surface area (Å²) in [6, 6.07) is 19.8. The summed E-state index contributed by atoms with van der Waals surface area (Å²) in [5, 5.41) is 16.2. The zero-order chi connectivity index (χ0) is 25.8. The van der Waals surface area contributed by atoms with Crippen LogP contribution < -0.4 is 10.6 Å². The summed E-state index contributed by atoms with van der Waals surface area (Å²) in [4.78, 5) is 14.6. The number of azo groups is 1. The fourth-order valence-electron chi connectivity index (χ4n) is 4.43. The summed E-state index contributed by atoms with van der Waals surface area (Å²) in [5.41, 5.74) is 2.34. The second-order valence-electron chi connectivity index (χ2n) is 9.26. The van der Waals surface area contributed by atoms with Crippen LogP contribution in [0.5, 0.6) is 0 Å². The topological polar surface area (TPSA) is 99.5 Å². The minimum Gasteiger partial charge on any atom is -0.379 e. The Balaban J connectivity index is 1.42. The zero-order valence-electron chi connectivity index (χ0n) is 21.8. The van der Waals surface area contributed by atoms with Gasteiger partial charge in [-0.1, -0.05) is 48.5 Å². The molecule has 0 bridgehead atoms. The lowest BCUT2D eigenvalue weighted by molar-refractivity contribution is 0.0398. The molecule has 0 saturated carbocycles. The predicted octanol–water partition coefficient (Wildman–Crippen LogP) is 4.05. The van der Waals surface area contributed by atoms with E-state index in [9.17, 15) is 0 Å². The molecule has 2 aliphatic rings. The molecule has 3 aromatic rings. The van der Waals surface area contributed by atoms with Crippen molar-refractivity contribution in [3.05, 3.63) is 60.7 Å². The maximum atomic E-state index is 5.49. The molecule has 0 atom stereocenters. The third kappa shape index (κ3) is 7.55. The molecule has 0 aliphatic carbocycles. The van der Waals surface area contributed by atoms with Gasteiger partial charge in [-0.25, -0.2) is 9.97 Å². The summed E-state index contributed by atoms with van der Waals surface area (Å²) in [6.07, 6.45) is 0. The number of nitrogens with one attached hydrogen (secondary N) is 2. The van der Waals surface area contributed by atoms with Gasteiger partial charge >= 0.3 is 0 Å². The molecule has 5 rings (SSSR count). The minimum absolute atomic E-state index is 0.609. The molecule has 200 valence electrons. The van der Waals surface area contributed by atoms with E-state index < -0.39 is 0 Å². The number of nitrogens with zero attached hydrogens (tertiary/aromatic N) is 6. The smallest absolute Gasteiger partial charge is 0.170 e. The summed E-state index contributed by atoms with van der Waals surface area (Å²) >= 11 is 0. The van der Waals surface area contributed by atoms with Crippen LogP contribution in [-0.4, -0.2) is 98.6 Å². The first-order valence-electron chi connectivity index (χ1n) is 13.4. The monoisotopic (exact) mass is 516 g/mol. The van der Waals surface area contributed by atoms with Crippen molar-refractivity contribution in [1.82, 2.24) is 19.8 Å². The average molecular weight is 517 g/mol. The van der Waals surface area contributed by atoms with Gasteiger partial charge in [-0.3, -0.25) is 9.80 Å². The average Bonchev–Trinajstić information content (AvgIpc) is 2.98. The Hall–Kier alpha value is -3.44. The maximum Gasteiger partial charge on any atom is 0.170 e. The number of rotatable bonds is 11. The van der Waals surface area contributed by atoms with Crippen molar-refractivity contribution in [1.29, 1.82) is 0 Å². The summed E-state index contributed by atoms with van der Waals surface area (Å²) in [6.45, 7) is 10.1. The second-order valence-corrected chi connectivity index (χ2v) is 9.26. The molecule has 1 aromatic heterocycles. The van der Waals surface area contributed by atoms with Gasteiger partial charge in [-0.15, -0.1) is 5.11 Å². The fraction of sp³-hybridized carbons (Fsp3) is 0.429. The van der Waals surface area contributed by atoms with Crippen LogP contribution in [-0.2, 0) is 9.47 Å². The van der Waals surface area contributed by atoms with Gasteiger partial charge < -0.3 is 20.1 Å². The van der Waals surface area contributed by atoms with Crippen LogP contribution in [0.1, 0.15) is 0 Å². The summed E-state index contributed by atoms with van der Waals surface area (Å²) < 4.78 is 11.0. The lowest BCUT2D eigenvalue weighted by atomic mass is 10.2. The SMILES string of the molecule is c1ccc(N=Nc2c(NCCN3CCOCC3)nc(-c3ccccc3)nc2NCCN2CCOCC2)cc1. The maximum absolute atomic E-state index is 5.49. The molecule has 10 heteroatoms. The molecule has 2 aliphatic heterocycles. The summed E-state index contributed by atoms with van der Waals surface area (Å²) in [7, 11) is 0. The van der Waals surface area contributed by atoms with E-state index in [-0.39, 0.29) is 0 Å². The van der Waals surface area contributed by atoms with Gasteiger partial charge in [0.1, 0.15) is 0 Å². The van der Waals surface area contributed by atoms with E-state index in [1.165, 1.54) is 0 Å². The van der Waals surface area contributed by atoms with Crippen LogP contribution in [0.3, 0.4) is 0 Å². The molecular formula is C28H36N8O2. The quantitative estimate of drug-likeness (QED) is 0.368. The Morgan fingerprint density at radius 1 is 0.658 bits per heavy atom. The number of ether oxygens (including phenoxy) is 2. The second kappa shape index (κ2) is 13.9. The Morgan fingerprint density at radius 2 is 1.16 bits per heavy atom. The highest BCUT2D eigenvalue weighted by atomic mass is 16.5. The van der Waals surface area contributed by atoms with Gasteiger partial charge in [0.15, 0.2) is 23.1 Å². The highest BCUT2D eigenvalue weighted by Gasteiger charge is 2.18. The number of hydrogen-bond acceptors (Lipinski definition) is 10. The number of aromatic nitrogens is 2. The number of hydrogen-bond donors (Lipinski definition) is 2. The van der Waals surface area contributed by atoms with E-state index in [0.29, 0.717) is 23.1 Å². The molecular weight excluding hydrogens is 480 g/mol.